The fourth-order valence-electron chi connectivity index (χ4n) is 2.76. The van der Waals surface area contributed by atoms with Crippen molar-refractivity contribution in [3.8, 4) is 0 Å². The minimum atomic E-state index is 0.172. The van der Waals surface area contributed by atoms with Gasteiger partial charge in [-0.05, 0) is 45.3 Å². The Labute approximate surface area is 139 Å². The lowest BCUT2D eigenvalue weighted by atomic mass is 10.1. The highest BCUT2D eigenvalue weighted by Crippen LogP contribution is 2.10. The highest BCUT2D eigenvalue weighted by atomic mass is 15.0. The average molecular weight is 315 g/mol. The molecule has 0 aliphatic carbocycles. The van der Waals surface area contributed by atoms with E-state index in [0.29, 0.717) is 0 Å². The van der Waals surface area contributed by atoms with E-state index in [1.807, 2.05) is 0 Å². The molecule has 4 nitrogen and oxygen atoms in total. The van der Waals surface area contributed by atoms with Crippen LogP contribution in [0.25, 0.3) is 0 Å². The van der Waals surface area contributed by atoms with Crippen LogP contribution in [0.4, 0.5) is 0 Å². The van der Waals surface area contributed by atoms with Crippen molar-refractivity contribution in [3.63, 3.8) is 0 Å². The summed E-state index contributed by atoms with van der Waals surface area (Å²) in [5.41, 5.74) is 17.0. The van der Waals surface area contributed by atoms with E-state index in [0.717, 1.165) is 32.5 Å². The van der Waals surface area contributed by atoms with Crippen molar-refractivity contribution in [1.29, 1.82) is 0 Å². The van der Waals surface area contributed by atoms with Gasteiger partial charge in [-0.15, -0.1) is 0 Å². The monoisotopic (exact) mass is 314 g/mol. The number of rotatable bonds is 18. The zero-order valence-corrected chi connectivity index (χ0v) is 14.8. The molecule has 22 heavy (non-hydrogen) atoms. The first-order valence-corrected chi connectivity index (χ1v) is 9.70. The Hall–Kier alpha value is -0.160. The lowest BCUT2D eigenvalue weighted by Crippen LogP contribution is -2.37. The van der Waals surface area contributed by atoms with Crippen LogP contribution in [0.5, 0.6) is 0 Å². The Morgan fingerprint density at radius 1 is 0.545 bits per heavy atom. The molecule has 0 saturated heterocycles. The van der Waals surface area contributed by atoms with Crippen molar-refractivity contribution in [3.05, 3.63) is 0 Å². The third kappa shape index (κ3) is 17.9. The van der Waals surface area contributed by atoms with Crippen LogP contribution in [0.15, 0.2) is 0 Å². The molecule has 0 spiro atoms. The predicted molar refractivity (Wildman–Crippen MR) is 98.7 cm³/mol. The van der Waals surface area contributed by atoms with Gasteiger partial charge in [0.05, 0.1) is 6.17 Å². The molecule has 0 rings (SSSR count). The van der Waals surface area contributed by atoms with Crippen molar-refractivity contribution >= 4 is 0 Å². The summed E-state index contributed by atoms with van der Waals surface area (Å²) < 4.78 is 0. The average Bonchev–Trinajstić information content (AvgIpc) is 2.52. The molecule has 0 aromatic carbocycles. The van der Waals surface area contributed by atoms with Crippen molar-refractivity contribution in [2.45, 2.75) is 96.1 Å². The van der Waals surface area contributed by atoms with Crippen LogP contribution in [0.3, 0.4) is 0 Å². The molecule has 0 bridgehead atoms. The van der Waals surface area contributed by atoms with Crippen molar-refractivity contribution in [2.75, 3.05) is 19.6 Å². The first kappa shape index (κ1) is 21.8. The largest absolute Gasteiger partial charge is 0.330 e. The lowest BCUT2D eigenvalue weighted by Gasteiger charge is -2.13. The van der Waals surface area contributed by atoms with Gasteiger partial charge in [0.15, 0.2) is 0 Å². The van der Waals surface area contributed by atoms with Gasteiger partial charge in [0.2, 0.25) is 0 Å². The predicted octanol–water partition coefficient (Wildman–Crippen LogP) is 3.24. The zero-order valence-electron chi connectivity index (χ0n) is 14.8. The normalized spacial score (nSPS) is 12.7. The van der Waals surface area contributed by atoms with E-state index >= 15 is 0 Å². The van der Waals surface area contributed by atoms with Crippen LogP contribution < -0.4 is 22.5 Å². The maximum atomic E-state index is 6.04. The molecule has 0 aliphatic heterocycles. The minimum Gasteiger partial charge on any atom is -0.330 e. The molecular formula is C18H42N4. The zero-order chi connectivity index (χ0) is 16.3. The van der Waals surface area contributed by atoms with Gasteiger partial charge in [-0.3, -0.25) is 0 Å². The van der Waals surface area contributed by atoms with Gasteiger partial charge in [0.25, 0.3) is 0 Å². The Bertz CT molecular complexity index is 200. The first-order chi connectivity index (χ1) is 10.8. The van der Waals surface area contributed by atoms with Gasteiger partial charge >= 0.3 is 0 Å². The van der Waals surface area contributed by atoms with Gasteiger partial charge < -0.3 is 22.5 Å². The fraction of sp³-hybridized carbons (Fsp3) is 1.00. The second-order valence-electron chi connectivity index (χ2n) is 6.52. The Kier molecular flexibility index (Phi) is 18.8. The molecule has 134 valence electrons. The highest BCUT2D eigenvalue weighted by molar-refractivity contribution is 4.59. The molecule has 1 atom stereocenters. The van der Waals surface area contributed by atoms with Crippen LogP contribution in [-0.2, 0) is 0 Å². The molecule has 0 radical (unpaired) electrons. The minimum absolute atomic E-state index is 0.172. The summed E-state index contributed by atoms with van der Waals surface area (Å²) in [7, 11) is 0. The standard InChI is InChI=1S/C18H42N4/c19-15-11-7-5-3-1-2-4-6-8-13-17-22-18(21)14-10-9-12-16-20/h18,22H,1-17,19-21H2. The Balaban J connectivity index is 3.07. The molecule has 0 aromatic rings. The van der Waals surface area contributed by atoms with E-state index in [9.17, 15) is 0 Å². The molecule has 0 aliphatic rings. The molecule has 0 amide bonds. The molecule has 7 N–H and O–H groups in total. The van der Waals surface area contributed by atoms with E-state index < -0.39 is 0 Å². The highest BCUT2D eigenvalue weighted by Gasteiger charge is 2.00. The summed E-state index contributed by atoms with van der Waals surface area (Å²) in [5.74, 6) is 0. The quantitative estimate of drug-likeness (QED) is 0.231. The summed E-state index contributed by atoms with van der Waals surface area (Å²) in [4.78, 5) is 0. The van der Waals surface area contributed by atoms with Gasteiger partial charge in [0, 0.05) is 0 Å². The third-order valence-electron chi connectivity index (χ3n) is 4.26. The molecule has 0 saturated carbocycles. The summed E-state index contributed by atoms with van der Waals surface area (Å²) in [6.07, 6.45) is 18.2. The molecule has 0 heterocycles. The first-order valence-electron chi connectivity index (χ1n) is 9.70. The lowest BCUT2D eigenvalue weighted by molar-refractivity contribution is 0.455. The van der Waals surface area contributed by atoms with Gasteiger partial charge in [-0.25, -0.2) is 0 Å². The van der Waals surface area contributed by atoms with Crippen molar-refractivity contribution < 1.29 is 0 Å². The maximum Gasteiger partial charge on any atom is 0.0546 e. The van der Waals surface area contributed by atoms with E-state index in [1.54, 1.807) is 0 Å². The maximum absolute atomic E-state index is 6.04. The summed E-state index contributed by atoms with van der Waals surface area (Å²) in [6.45, 7) is 2.72. The van der Waals surface area contributed by atoms with Gasteiger partial charge in [-0.1, -0.05) is 64.2 Å². The van der Waals surface area contributed by atoms with E-state index in [-0.39, 0.29) is 6.17 Å². The smallest absolute Gasteiger partial charge is 0.0546 e. The summed E-state index contributed by atoms with van der Waals surface area (Å²) >= 11 is 0. The number of hydrogen-bond acceptors (Lipinski definition) is 4. The second-order valence-corrected chi connectivity index (χ2v) is 6.52. The van der Waals surface area contributed by atoms with Crippen LogP contribution in [0, 0.1) is 0 Å². The Morgan fingerprint density at radius 2 is 0.955 bits per heavy atom. The SMILES string of the molecule is NCCCCCCCCCCCCNC(N)CCCCCN. The van der Waals surface area contributed by atoms with Crippen molar-refractivity contribution in [2.24, 2.45) is 17.2 Å². The third-order valence-corrected chi connectivity index (χ3v) is 4.26. The molecule has 4 heteroatoms. The second kappa shape index (κ2) is 18.9. The van der Waals surface area contributed by atoms with Gasteiger partial charge in [0.1, 0.15) is 0 Å². The molecule has 0 aromatic heterocycles. The van der Waals surface area contributed by atoms with Crippen LogP contribution in [0.2, 0.25) is 0 Å². The molecule has 0 fully saturated rings. The van der Waals surface area contributed by atoms with E-state index in [4.69, 9.17) is 17.2 Å². The van der Waals surface area contributed by atoms with E-state index in [1.165, 1.54) is 77.0 Å². The molecular weight excluding hydrogens is 272 g/mol. The number of nitrogens with one attached hydrogen (secondary N) is 1. The summed E-state index contributed by atoms with van der Waals surface area (Å²) in [5, 5.41) is 3.43. The number of unbranched alkanes of at least 4 members (excludes halogenated alkanes) is 11. The number of hydrogen-bond donors (Lipinski definition) is 4. The summed E-state index contributed by atoms with van der Waals surface area (Å²) in [6, 6.07) is 0. The molecule has 1 unspecified atom stereocenters. The van der Waals surface area contributed by atoms with Crippen LogP contribution in [0.1, 0.15) is 89.9 Å². The van der Waals surface area contributed by atoms with Gasteiger partial charge in [-0.2, -0.15) is 0 Å². The van der Waals surface area contributed by atoms with Crippen LogP contribution in [-0.4, -0.2) is 25.8 Å². The van der Waals surface area contributed by atoms with Crippen molar-refractivity contribution in [1.82, 2.24) is 5.32 Å². The Morgan fingerprint density at radius 3 is 1.45 bits per heavy atom. The van der Waals surface area contributed by atoms with Crippen LogP contribution >= 0.6 is 0 Å². The van der Waals surface area contributed by atoms with E-state index in [2.05, 4.69) is 5.32 Å². The topological polar surface area (TPSA) is 90.1 Å². The fourth-order valence-corrected chi connectivity index (χ4v) is 2.76. The number of nitrogens with two attached hydrogens (primary N) is 3.